The molecule has 2 aliphatic heterocycles. The molecular weight excluding hydrogens is 174 g/mol. The second-order valence-electron chi connectivity index (χ2n) is 2.70. The summed E-state index contributed by atoms with van der Waals surface area (Å²) >= 11 is 0. The van der Waals surface area contributed by atoms with Crippen LogP contribution in [0.4, 0.5) is 0 Å². The SMILES string of the molecule is NC1NC(=O)C2NC=CN=C2N1O. The summed E-state index contributed by atoms with van der Waals surface area (Å²) in [5.41, 5.74) is 5.39. The molecule has 5 N–H and O–H groups in total. The molecule has 2 unspecified atom stereocenters. The van der Waals surface area contributed by atoms with Gasteiger partial charge in [0.2, 0.25) is 0 Å². The topological polar surface area (TPSA) is 103 Å². The maximum Gasteiger partial charge on any atom is 0.253 e. The molecular formula is C6H9N5O2. The van der Waals surface area contributed by atoms with Gasteiger partial charge < -0.3 is 10.6 Å². The fourth-order valence-corrected chi connectivity index (χ4v) is 1.22. The smallest absolute Gasteiger partial charge is 0.253 e. The Kier molecular flexibility index (Phi) is 1.67. The van der Waals surface area contributed by atoms with Crippen molar-refractivity contribution in [3.8, 4) is 0 Å². The van der Waals surface area contributed by atoms with Gasteiger partial charge >= 0.3 is 0 Å². The third-order valence-electron chi connectivity index (χ3n) is 1.85. The van der Waals surface area contributed by atoms with Gasteiger partial charge in [0.15, 0.2) is 18.2 Å². The van der Waals surface area contributed by atoms with Crippen LogP contribution in [-0.2, 0) is 4.79 Å². The molecule has 0 spiro atoms. The Morgan fingerprint density at radius 1 is 1.69 bits per heavy atom. The van der Waals surface area contributed by atoms with E-state index in [-0.39, 0.29) is 11.7 Å². The molecule has 2 aliphatic rings. The molecule has 0 aromatic rings. The number of aliphatic imine (C=N–C) groups is 1. The summed E-state index contributed by atoms with van der Waals surface area (Å²) < 4.78 is 0. The summed E-state index contributed by atoms with van der Waals surface area (Å²) in [5, 5.41) is 15.2. The van der Waals surface area contributed by atoms with Crippen LogP contribution in [0.2, 0.25) is 0 Å². The molecule has 70 valence electrons. The molecule has 0 bridgehead atoms. The van der Waals surface area contributed by atoms with Gasteiger partial charge in [0, 0.05) is 12.4 Å². The van der Waals surface area contributed by atoms with E-state index >= 15 is 0 Å². The van der Waals surface area contributed by atoms with Gasteiger partial charge in [-0.1, -0.05) is 0 Å². The van der Waals surface area contributed by atoms with Crippen molar-refractivity contribution in [1.82, 2.24) is 15.7 Å². The van der Waals surface area contributed by atoms with E-state index in [0.29, 0.717) is 0 Å². The summed E-state index contributed by atoms with van der Waals surface area (Å²) in [6, 6.07) is -0.658. The number of carbonyl (C=O) groups is 1. The largest absolute Gasteiger partial charge is 0.372 e. The van der Waals surface area contributed by atoms with Crippen LogP contribution < -0.4 is 16.4 Å². The van der Waals surface area contributed by atoms with Crippen molar-refractivity contribution in [2.45, 2.75) is 12.3 Å². The molecule has 0 saturated carbocycles. The highest BCUT2D eigenvalue weighted by atomic mass is 16.5. The number of hydrogen-bond acceptors (Lipinski definition) is 6. The Bertz CT molecular complexity index is 299. The zero-order valence-corrected chi connectivity index (χ0v) is 6.64. The predicted octanol–water partition coefficient (Wildman–Crippen LogP) is -2.11. The lowest BCUT2D eigenvalue weighted by Gasteiger charge is -2.36. The first-order valence-corrected chi connectivity index (χ1v) is 3.73. The van der Waals surface area contributed by atoms with E-state index in [1.807, 2.05) is 0 Å². The van der Waals surface area contributed by atoms with Crippen LogP contribution in [0, 0.1) is 0 Å². The Morgan fingerprint density at radius 3 is 3.23 bits per heavy atom. The summed E-state index contributed by atoms with van der Waals surface area (Å²) in [6.07, 6.45) is 2.04. The van der Waals surface area contributed by atoms with Crippen LogP contribution in [0.3, 0.4) is 0 Å². The third kappa shape index (κ3) is 1.14. The number of nitrogens with one attached hydrogen (secondary N) is 2. The van der Waals surface area contributed by atoms with Crippen LogP contribution in [0.25, 0.3) is 0 Å². The van der Waals surface area contributed by atoms with Crippen LogP contribution in [0.15, 0.2) is 17.4 Å². The highest BCUT2D eigenvalue weighted by Gasteiger charge is 2.37. The number of amidine groups is 1. The predicted molar refractivity (Wildman–Crippen MR) is 43.2 cm³/mol. The number of hydroxylamine groups is 2. The fourth-order valence-electron chi connectivity index (χ4n) is 1.22. The maximum absolute atomic E-state index is 11.3. The Hall–Kier alpha value is -1.60. The first kappa shape index (κ1) is 8.02. The number of carbonyl (C=O) groups excluding carboxylic acids is 1. The number of fused-ring (bicyclic) bond motifs is 1. The first-order chi connectivity index (χ1) is 6.20. The van der Waals surface area contributed by atoms with Crippen molar-refractivity contribution >= 4 is 11.7 Å². The Morgan fingerprint density at radius 2 is 2.46 bits per heavy atom. The van der Waals surface area contributed by atoms with E-state index in [4.69, 9.17) is 5.73 Å². The fraction of sp³-hybridized carbons (Fsp3) is 0.333. The van der Waals surface area contributed by atoms with Gasteiger partial charge in [0.25, 0.3) is 5.91 Å². The summed E-state index contributed by atoms with van der Waals surface area (Å²) in [6.45, 7) is 0. The van der Waals surface area contributed by atoms with Gasteiger partial charge in [-0.3, -0.25) is 15.7 Å². The van der Waals surface area contributed by atoms with Crippen LogP contribution in [0.5, 0.6) is 0 Å². The van der Waals surface area contributed by atoms with Crippen molar-refractivity contribution in [1.29, 1.82) is 0 Å². The van der Waals surface area contributed by atoms with E-state index in [0.717, 1.165) is 5.06 Å². The number of nitrogens with two attached hydrogens (primary N) is 1. The number of amides is 1. The Labute approximate surface area is 73.9 Å². The molecule has 2 heterocycles. The van der Waals surface area contributed by atoms with Crippen LogP contribution >= 0.6 is 0 Å². The highest BCUT2D eigenvalue weighted by Crippen LogP contribution is 2.07. The molecule has 13 heavy (non-hydrogen) atoms. The standard InChI is InChI=1S/C6H9N5O2/c7-6-10-5(12)3-4(11(6)13)9-2-1-8-3/h1-3,6,8,13H,7H2,(H,10,12). The quantitative estimate of drug-likeness (QED) is 0.344. The third-order valence-corrected chi connectivity index (χ3v) is 1.85. The van der Waals surface area contributed by atoms with Crippen LogP contribution in [0.1, 0.15) is 0 Å². The maximum atomic E-state index is 11.3. The zero-order valence-electron chi connectivity index (χ0n) is 6.64. The van der Waals surface area contributed by atoms with Gasteiger partial charge in [0.05, 0.1) is 0 Å². The second kappa shape index (κ2) is 2.71. The van der Waals surface area contributed by atoms with Gasteiger partial charge in [-0.05, 0) is 0 Å². The monoisotopic (exact) mass is 183 g/mol. The van der Waals surface area contributed by atoms with Crippen LogP contribution in [-0.4, -0.2) is 34.3 Å². The van der Waals surface area contributed by atoms with Gasteiger partial charge in [-0.2, -0.15) is 0 Å². The summed E-state index contributed by atoms with van der Waals surface area (Å²) in [5.74, 6) is -0.0975. The molecule has 2 rings (SSSR count). The minimum atomic E-state index is -0.934. The summed E-state index contributed by atoms with van der Waals surface area (Å²) in [4.78, 5) is 15.1. The lowest BCUT2D eigenvalue weighted by molar-refractivity contribution is -0.135. The van der Waals surface area contributed by atoms with Crippen molar-refractivity contribution < 1.29 is 10.0 Å². The van der Waals surface area contributed by atoms with Gasteiger partial charge in [-0.15, -0.1) is 0 Å². The first-order valence-electron chi connectivity index (χ1n) is 3.73. The molecule has 1 saturated heterocycles. The molecule has 0 aromatic heterocycles. The molecule has 0 aliphatic carbocycles. The summed E-state index contributed by atoms with van der Waals surface area (Å²) in [7, 11) is 0. The van der Waals surface area contributed by atoms with E-state index in [9.17, 15) is 10.0 Å². The number of nitrogens with zero attached hydrogens (tertiary/aromatic N) is 2. The lowest BCUT2D eigenvalue weighted by Crippen LogP contribution is -2.68. The molecule has 1 amide bonds. The molecule has 0 radical (unpaired) electrons. The van der Waals surface area contributed by atoms with E-state index < -0.39 is 12.3 Å². The minimum Gasteiger partial charge on any atom is -0.372 e. The van der Waals surface area contributed by atoms with Crippen molar-refractivity contribution in [3.63, 3.8) is 0 Å². The van der Waals surface area contributed by atoms with Crippen molar-refractivity contribution in [2.75, 3.05) is 0 Å². The Balaban J connectivity index is 2.32. The van der Waals surface area contributed by atoms with Gasteiger partial charge in [0.1, 0.15) is 0 Å². The van der Waals surface area contributed by atoms with Crippen molar-refractivity contribution in [2.24, 2.45) is 10.7 Å². The molecule has 7 nitrogen and oxygen atoms in total. The van der Waals surface area contributed by atoms with E-state index in [1.54, 1.807) is 0 Å². The van der Waals surface area contributed by atoms with E-state index in [2.05, 4.69) is 15.6 Å². The average molecular weight is 183 g/mol. The normalized spacial score (nSPS) is 31.7. The molecule has 2 atom stereocenters. The number of hydrogen-bond donors (Lipinski definition) is 4. The second-order valence-corrected chi connectivity index (χ2v) is 2.70. The molecule has 0 aromatic carbocycles. The average Bonchev–Trinajstić information content (AvgIpc) is 2.15. The zero-order chi connectivity index (χ0) is 9.42. The van der Waals surface area contributed by atoms with E-state index in [1.165, 1.54) is 12.4 Å². The highest BCUT2D eigenvalue weighted by molar-refractivity contribution is 6.09. The minimum absolute atomic E-state index is 0.207. The number of rotatable bonds is 0. The van der Waals surface area contributed by atoms with Gasteiger partial charge in [-0.25, -0.2) is 10.1 Å². The molecule has 1 fully saturated rings. The lowest BCUT2D eigenvalue weighted by atomic mass is 10.2. The van der Waals surface area contributed by atoms with Crippen molar-refractivity contribution in [3.05, 3.63) is 12.4 Å². The molecule has 7 heteroatoms.